The zero-order chi connectivity index (χ0) is 12.8. The van der Waals surface area contributed by atoms with Gasteiger partial charge >= 0.3 is 0 Å². The Labute approximate surface area is 108 Å². The van der Waals surface area contributed by atoms with Crippen molar-refractivity contribution in [3.63, 3.8) is 0 Å². The average molecular weight is 244 g/mol. The summed E-state index contributed by atoms with van der Waals surface area (Å²) in [5.74, 6) is 1.08. The summed E-state index contributed by atoms with van der Waals surface area (Å²) < 4.78 is 2.14. The SMILES string of the molecule is CCn1ccnc1CC(N)CCc1ccccn1. The summed E-state index contributed by atoms with van der Waals surface area (Å²) in [6, 6.07) is 6.12. The van der Waals surface area contributed by atoms with Gasteiger partial charge in [-0.05, 0) is 31.9 Å². The quantitative estimate of drug-likeness (QED) is 0.843. The van der Waals surface area contributed by atoms with E-state index in [1.54, 1.807) is 0 Å². The molecule has 4 heteroatoms. The van der Waals surface area contributed by atoms with Gasteiger partial charge in [-0.1, -0.05) is 6.07 Å². The third-order valence-electron chi connectivity index (χ3n) is 3.08. The molecule has 0 aliphatic heterocycles. The molecule has 2 aromatic rings. The molecule has 0 spiro atoms. The minimum atomic E-state index is 0.139. The van der Waals surface area contributed by atoms with Crippen molar-refractivity contribution >= 4 is 0 Å². The molecule has 2 N–H and O–H groups in total. The zero-order valence-corrected chi connectivity index (χ0v) is 10.8. The second-order valence-corrected chi connectivity index (χ2v) is 4.45. The first-order valence-electron chi connectivity index (χ1n) is 6.45. The fourth-order valence-electron chi connectivity index (χ4n) is 2.03. The van der Waals surface area contributed by atoms with Gasteiger partial charge in [-0.2, -0.15) is 0 Å². The molecule has 96 valence electrons. The smallest absolute Gasteiger partial charge is 0.110 e. The first kappa shape index (κ1) is 12.8. The van der Waals surface area contributed by atoms with E-state index in [1.165, 1.54) is 0 Å². The molecule has 0 saturated carbocycles. The Kier molecular flexibility index (Phi) is 4.47. The number of imidazole rings is 1. The highest BCUT2D eigenvalue weighted by atomic mass is 15.1. The first-order valence-corrected chi connectivity index (χ1v) is 6.45. The van der Waals surface area contributed by atoms with Crippen LogP contribution in [0, 0.1) is 0 Å². The van der Waals surface area contributed by atoms with Gasteiger partial charge in [0.1, 0.15) is 5.82 Å². The van der Waals surface area contributed by atoms with Crippen molar-refractivity contribution in [1.82, 2.24) is 14.5 Å². The van der Waals surface area contributed by atoms with Crippen LogP contribution in [0.5, 0.6) is 0 Å². The molecule has 2 rings (SSSR count). The summed E-state index contributed by atoms with van der Waals surface area (Å²) >= 11 is 0. The maximum absolute atomic E-state index is 6.16. The molecule has 4 nitrogen and oxygen atoms in total. The van der Waals surface area contributed by atoms with Crippen LogP contribution < -0.4 is 5.73 Å². The van der Waals surface area contributed by atoms with Crippen molar-refractivity contribution in [2.75, 3.05) is 0 Å². The number of hydrogen-bond donors (Lipinski definition) is 1. The van der Waals surface area contributed by atoms with Crippen LogP contribution in [-0.4, -0.2) is 20.6 Å². The van der Waals surface area contributed by atoms with Gasteiger partial charge < -0.3 is 10.3 Å². The molecule has 0 fully saturated rings. The highest BCUT2D eigenvalue weighted by Crippen LogP contribution is 2.06. The van der Waals surface area contributed by atoms with Crippen molar-refractivity contribution < 1.29 is 0 Å². The van der Waals surface area contributed by atoms with E-state index in [-0.39, 0.29) is 6.04 Å². The molecular weight excluding hydrogens is 224 g/mol. The summed E-state index contributed by atoms with van der Waals surface area (Å²) in [6.07, 6.45) is 8.35. The van der Waals surface area contributed by atoms with Crippen molar-refractivity contribution in [1.29, 1.82) is 0 Å². The molecule has 0 radical (unpaired) electrons. The van der Waals surface area contributed by atoms with Gasteiger partial charge in [-0.25, -0.2) is 4.98 Å². The lowest BCUT2D eigenvalue weighted by Crippen LogP contribution is -2.25. The highest BCUT2D eigenvalue weighted by Gasteiger charge is 2.09. The predicted molar refractivity (Wildman–Crippen MR) is 72.1 cm³/mol. The van der Waals surface area contributed by atoms with Crippen LogP contribution in [0.15, 0.2) is 36.8 Å². The van der Waals surface area contributed by atoms with E-state index in [2.05, 4.69) is 21.5 Å². The highest BCUT2D eigenvalue weighted by molar-refractivity contribution is 5.04. The Morgan fingerprint density at radius 3 is 2.89 bits per heavy atom. The van der Waals surface area contributed by atoms with E-state index in [9.17, 15) is 0 Å². The molecule has 1 unspecified atom stereocenters. The van der Waals surface area contributed by atoms with Gasteiger partial charge in [0, 0.05) is 43.3 Å². The molecule has 0 aromatic carbocycles. The van der Waals surface area contributed by atoms with Crippen LogP contribution in [0.1, 0.15) is 24.9 Å². The maximum Gasteiger partial charge on any atom is 0.110 e. The molecule has 2 heterocycles. The summed E-state index contributed by atoms with van der Waals surface area (Å²) in [7, 11) is 0. The number of aryl methyl sites for hydroxylation is 2. The number of nitrogens with zero attached hydrogens (tertiary/aromatic N) is 3. The Morgan fingerprint density at radius 1 is 1.28 bits per heavy atom. The monoisotopic (exact) mass is 244 g/mol. The molecule has 0 amide bonds. The minimum absolute atomic E-state index is 0.139. The van der Waals surface area contributed by atoms with Crippen LogP contribution in [0.25, 0.3) is 0 Å². The van der Waals surface area contributed by atoms with Crippen LogP contribution >= 0.6 is 0 Å². The van der Waals surface area contributed by atoms with Gasteiger partial charge in [0.05, 0.1) is 0 Å². The third-order valence-corrected chi connectivity index (χ3v) is 3.08. The fraction of sp³-hybridized carbons (Fsp3) is 0.429. The fourth-order valence-corrected chi connectivity index (χ4v) is 2.03. The summed E-state index contributed by atoms with van der Waals surface area (Å²) in [5.41, 5.74) is 7.26. The predicted octanol–water partition coefficient (Wildman–Crippen LogP) is 1.80. The van der Waals surface area contributed by atoms with Crippen molar-refractivity contribution in [3.05, 3.63) is 48.3 Å². The number of pyridine rings is 1. The standard InChI is InChI=1S/C14H20N4/c1-2-18-10-9-17-14(18)11-12(15)6-7-13-5-3-4-8-16-13/h3-5,8-10,12H,2,6-7,11,15H2,1H3. The molecular formula is C14H20N4. The van der Waals surface area contributed by atoms with E-state index in [0.29, 0.717) is 0 Å². The zero-order valence-electron chi connectivity index (χ0n) is 10.8. The van der Waals surface area contributed by atoms with Gasteiger partial charge in [0.2, 0.25) is 0 Å². The first-order chi connectivity index (χ1) is 8.79. The lowest BCUT2D eigenvalue weighted by molar-refractivity contribution is 0.566. The summed E-state index contributed by atoms with van der Waals surface area (Å²) in [4.78, 5) is 8.65. The number of nitrogens with two attached hydrogens (primary N) is 1. The molecule has 1 atom stereocenters. The van der Waals surface area contributed by atoms with Crippen LogP contribution in [0.2, 0.25) is 0 Å². The van der Waals surface area contributed by atoms with Crippen molar-refractivity contribution in [2.45, 2.75) is 38.8 Å². The van der Waals surface area contributed by atoms with Gasteiger partial charge in [0.15, 0.2) is 0 Å². The van der Waals surface area contributed by atoms with Gasteiger partial charge in [-0.15, -0.1) is 0 Å². The van der Waals surface area contributed by atoms with Crippen molar-refractivity contribution in [2.24, 2.45) is 5.73 Å². The average Bonchev–Trinajstić information content (AvgIpc) is 2.85. The lowest BCUT2D eigenvalue weighted by atomic mass is 10.1. The normalized spacial score (nSPS) is 12.6. The number of aromatic nitrogens is 3. The van der Waals surface area contributed by atoms with E-state index >= 15 is 0 Å². The second-order valence-electron chi connectivity index (χ2n) is 4.45. The van der Waals surface area contributed by atoms with Crippen molar-refractivity contribution in [3.8, 4) is 0 Å². The van der Waals surface area contributed by atoms with Gasteiger partial charge in [-0.3, -0.25) is 4.98 Å². The Bertz CT molecular complexity index is 464. The Morgan fingerprint density at radius 2 is 2.17 bits per heavy atom. The maximum atomic E-state index is 6.16. The van der Waals surface area contributed by atoms with Crippen LogP contribution in [0.4, 0.5) is 0 Å². The summed E-state index contributed by atoms with van der Waals surface area (Å²) in [6.45, 7) is 3.06. The molecule has 0 aliphatic carbocycles. The molecule has 0 saturated heterocycles. The topological polar surface area (TPSA) is 56.7 Å². The third kappa shape index (κ3) is 3.40. The largest absolute Gasteiger partial charge is 0.335 e. The molecule has 18 heavy (non-hydrogen) atoms. The molecule has 0 bridgehead atoms. The Balaban J connectivity index is 1.84. The van der Waals surface area contributed by atoms with Crippen LogP contribution in [0.3, 0.4) is 0 Å². The van der Waals surface area contributed by atoms with E-state index < -0.39 is 0 Å². The number of rotatable bonds is 6. The molecule has 2 aromatic heterocycles. The van der Waals surface area contributed by atoms with Gasteiger partial charge in [0.25, 0.3) is 0 Å². The Hall–Kier alpha value is -1.68. The minimum Gasteiger partial charge on any atom is -0.335 e. The van der Waals surface area contributed by atoms with E-state index in [0.717, 1.165) is 37.3 Å². The molecule has 0 aliphatic rings. The lowest BCUT2D eigenvalue weighted by Gasteiger charge is -2.12. The van der Waals surface area contributed by atoms with Crippen LogP contribution in [-0.2, 0) is 19.4 Å². The second kappa shape index (κ2) is 6.31. The van der Waals surface area contributed by atoms with E-state index in [4.69, 9.17) is 5.73 Å². The summed E-state index contributed by atoms with van der Waals surface area (Å²) in [5, 5.41) is 0. The number of hydrogen-bond acceptors (Lipinski definition) is 3. The van der Waals surface area contributed by atoms with E-state index in [1.807, 2.05) is 36.8 Å².